The fourth-order valence-electron chi connectivity index (χ4n) is 2.39. The van der Waals surface area contributed by atoms with Crippen molar-refractivity contribution in [3.63, 3.8) is 0 Å². The Kier molecular flexibility index (Phi) is 3.70. The average molecular weight is 282 g/mol. The zero-order valence-electron chi connectivity index (χ0n) is 11.4. The number of hydrogen-bond acceptors (Lipinski definition) is 1. The van der Waals surface area contributed by atoms with Crippen LogP contribution in [0.5, 0.6) is 0 Å². The molecule has 3 aromatic rings. The van der Waals surface area contributed by atoms with Crippen molar-refractivity contribution in [2.45, 2.75) is 18.7 Å². The quantitative estimate of drug-likeness (QED) is 0.611. The molecule has 1 aromatic heterocycles. The zero-order chi connectivity index (χ0) is 13.9. The molecule has 100 valence electrons. The molecule has 0 spiro atoms. The Labute approximate surface area is 124 Å². The van der Waals surface area contributed by atoms with Crippen LogP contribution in [0, 0.1) is 6.92 Å². The van der Waals surface area contributed by atoms with Crippen molar-refractivity contribution < 1.29 is 0 Å². The normalized spacial score (nSPS) is 12.5. The molecule has 1 heterocycles. The summed E-state index contributed by atoms with van der Waals surface area (Å²) in [5, 5.41) is 1.13. The molecule has 1 unspecified atom stereocenters. The first-order chi connectivity index (χ1) is 9.72. The number of halogens is 1. The van der Waals surface area contributed by atoms with E-state index in [2.05, 4.69) is 48.3 Å². The number of benzene rings is 2. The number of fused-ring (bicyclic) bond motifs is 1. The molecule has 0 radical (unpaired) electrons. The summed E-state index contributed by atoms with van der Waals surface area (Å²) >= 11 is 6.52. The van der Waals surface area contributed by atoms with E-state index in [0.717, 1.165) is 28.6 Å². The monoisotopic (exact) mass is 281 g/mol. The molecular formula is C18H16ClN. The average Bonchev–Trinajstić information content (AvgIpc) is 2.47. The van der Waals surface area contributed by atoms with E-state index >= 15 is 0 Å². The molecule has 0 aliphatic rings. The summed E-state index contributed by atoms with van der Waals surface area (Å²) in [6, 6.07) is 20.7. The molecule has 0 saturated heterocycles. The standard InChI is InChI=1S/C18H16ClN/c1-13-5-4-7-15(11-13)17(19)12-16-10-9-14-6-2-3-8-18(14)20-16/h2-11,17H,12H2,1H3. The van der Waals surface area contributed by atoms with Crippen LogP contribution in [0.4, 0.5) is 0 Å². The lowest BCUT2D eigenvalue weighted by atomic mass is 10.0. The van der Waals surface area contributed by atoms with Crippen LogP contribution < -0.4 is 0 Å². The highest BCUT2D eigenvalue weighted by molar-refractivity contribution is 6.20. The van der Waals surface area contributed by atoms with E-state index in [1.807, 2.05) is 24.3 Å². The van der Waals surface area contributed by atoms with Crippen molar-refractivity contribution in [3.8, 4) is 0 Å². The van der Waals surface area contributed by atoms with E-state index in [9.17, 15) is 0 Å². The second-order valence-electron chi connectivity index (χ2n) is 5.08. The number of pyridine rings is 1. The topological polar surface area (TPSA) is 12.9 Å². The number of para-hydroxylation sites is 1. The van der Waals surface area contributed by atoms with Crippen molar-refractivity contribution >= 4 is 22.5 Å². The Morgan fingerprint density at radius 3 is 2.70 bits per heavy atom. The lowest BCUT2D eigenvalue weighted by molar-refractivity contribution is 0.887. The molecule has 20 heavy (non-hydrogen) atoms. The summed E-state index contributed by atoms with van der Waals surface area (Å²) in [6.07, 6.45) is 0.746. The Hall–Kier alpha value is -1.86. The van der Waals surface area contributed by atoms with E-state index in [0.29, 0.717) is 0 Å². The SMILES string of the molecule is Cc1cccc(C(Cl)Cc2ccc3ccccc3n2)c1. The maximum absolute atomic E-state index is 6.52. The van der Waals surface area contributed by atoms with Gasteiger partial charge in [-0.05, 0) is 24.6 Å². The summed E-state index contributed by atoms with van der Waals surface area (Å²) in [7, 11) is 0. The van der Waals surface area contributed by atoms with Crippen LogP contribution in [0.2, 0.25) is 0 Å². The first-order valence-corrected chi connectivity index (χ1v) is 7.21. The maximum atomic E-state index is 6.52. The van der Waals surface area contributed by atoms with Gasteiger partial charge in [-0.15, -0.1) is 11.6 Å². The Balaban J connectivity index is 1.85. The highest BCUT2D eigenvalue weighted by Crippen LogP contribution is 2.25. The smallest absolute Gasteiger partial charge is 0.0705 e. The van der Waals surface area contributed by atoms with Gasteiger partial charge in [-0.1, -0.05) is 54.1 Å². The number of aromatic nitrogens is 1. The summed E-state index contributed by atoms with van der Waals surface area (Å²) in [5.74, 6) is 0. The third-order valence-electron chi connectivity index (χ3n) is 3.45. The van der Waals surface area contributed by atoms with E-state index < -0.39 is 0 Å². The van der Waals surface area contributed by atoms with Gasteiger partial charge >= 0.3 is 0 Å². The van der Waals surface area contributed by atoms with Crippen molar-refractivity contribution in [2.75, 3.05) is 0 Å². The van der Waals surface area contributed by atoms with Crippen LogP contribution in [-0.2, 0) is 6.42 Å². The Morgan fingerprint density at radius 2 is 1.85 bits per heavy atom. The third kappa shape index (κ3) is 2.83. The predicted molar refractivity (Wildman–Crippen MR) is 85.2 cm³/mol. The maximum Gasteiger partial charge on any atom is 0.0705 e. The molecule has 2 aromatic carbocycles. The molecule has 1 atom stereocenters. The van der Waals surface area contributed by atoms with Gasteiger partial charge in [-0.2, -0.15) is 0 Å². The predicted octanol–water partition coefficient (Wildman–Crippen LogP) is 5.07. The van der Waals surface area contributed by atoms with Gasteiger partial charge in [-0.3, -0.25) is 4.98 Å². The minimum absolute atomic E-state index is 0.0384. The van der Waals surface area contributed by atoms with Crippen LogP contribution in [0.1, 0.15) is 22.2 Å². The van der Waals surface area contributed by atoms with Gasteiger partial charge in [-0.25, -0.2) is 0 Å². The first kappa shape index (κ1) is 13.1. The van der Waals surface area contributed by atoms with Crippen LogP contribution in [-0.4, -0.2) is 4.98 Å². The second kappa shape index (κ2) is 5.64. The molecule has 0 fully saturated rings. The third-order valence-corrected chi connectivity index (χ3v) is 3.85. The summed E-state index contributed by atoms with van der Waals surface area (Å²) in [6.45, 7) is 2.08. The number of rotatable bonds is 3. The molecule has 0 aliphatic carbocycles. The molecular weight excluding hydrogens is 266 g/mol. The summed E-state index contributed by atoms with van der Waals surface area (Å²) < 4.78 is 0. The first-order valence-electron chi connectivity index (χ1n) is 6.78. The van der Waals surface area contributed by atoms with Crippen LogP contribution in [0.25, 0.3) is 10.9 Å². The van der Waals surface area contributed by atoms with E-state index in [1.165, 1.54) is 5.56 Å². The van der Waals surface area contributed by atoms with Crippen LogP contribution >= 0.6 is 11.6 Å². The number of hydrogen-bond donors (Lipinski definition) is 0. The molecule has 0 aliphatic heterocycles. The fraction of sp³-hybridized carbons (Fsp3) is 0.167. The minimum Gasteiger partial charge on any atom is -0.253 e. The van der Waals surface area contributed by atoms with E-state index in [-0.39, 0.29) is 5.38 Å². The summed E-state index contributed by atoms with van der Waals surface area (Å²) in [5.41, 5.74) is 4.45. The number of nitrogens with zero attached hydrogens (tertiary/aromatic N) is 1. The second-order valence-corrected chi connectivity index (χ2v) is 5.61. The summed E-state index contributed by atoms with van der Waals surface area (Å²) in [4.78, 5) is 4.68. The molecule has 2 heteroatoms. The zero-order valence-corrected chi connectivity index (χ0v) is 12.1. The van der Waals surface area contributed by atoms with Gasteiger partial charge < -0.3 is 0 Å². The van der Waals surface area contributed by atoms with Gasteiger partial charge in [0.2, 0.25) is 0 Å². The van der Waals surface area contributed by atoms with Crippen molar-refractivity contribution in [1.29, 1.82) is 0 Å². The lowest BCUT2D eigenvalue weighted by Gasteiger charge is -2.10. The number of aryl methyl sites for hydroxylation is 1. The number of alkyl halides is 1. The molecule has 0 bridgehead atoms. The van der Waals surface area contributed by atoms with E-state index in [1.54, 1.807) is 0 Å². The minimum atomic E-state index is -0.0384. The fourth-order valence-corrected chi connectivity index (χ4v) is 2.68. The molecule has 0 amide bonds. The van der Waals surface area contributed by atoms with E-state index in [4.69, 9.17) is 11.6 Å². The van der Waals surface area contributed by atoms with Gasteiger partial charge in [0.05, 0.1) is 10.9 Å². The van der Waals surface area contributed by atoms with Crippen LogP contribution in [0.15, 0.2) is 60.7 Å². The largest absolute Gasteiger partial charge is 0.253 e. The highest BCUT2D eigenvalue weighted by Gasteiger charge is 2.10. The van der Waals surface area contributed by atoms with Gasteiger partial charge in [0, 0.05) is 17.5 Å². The Bertz CT molecular complexity index is 736. The van der Waals surface area contributed by atoms with Gasteiger partial charge in [0.15, 0.2) is 0 Å². The van der Waals surface area contributed by atoms with Crippen molar-refractivity contribution in [2.24, 2.45) is 0 Å². The molecule has 0 saturated carbocycles. The molecule has 0 N–H and O–H groups in total. The van der Waals surface area contributed by atoms with Crippen molar-refractivity contribution in [3.05, 3.63) is 77.5 Å². The van der Waals surface area contributed by atoms with Gasteiger partial charge in [0.25, 0.3) is 0 Å². The molecule has 1 nitrogen and oxygen atoms in total. The van der Waals surface area contributed by atoms with Gasteiger partial charge in [0.1, 0.15) is 0 Å². The van der Waals surface area contributed by atoms with Crippen LogP contribution in [0.3, 0.4) is 0 Å². The highest BCUT2D eigenvalue weighted by atomic mass is 35.5. The Morgan fingerprint density at radius 1 is 1.00 bits per heavy atom. The lowest BCUT2D eigenvalue weighted by Crippen LogP contribution is -1.98. The van der Waals surface area contributed by atoms with Crippen molar-refractivity contribution in [1.82, 2.24) is 4.98 Å². The molecule has 3 rings (SSSR count).